The zero-order valence-corrected chi connectivity index (χ0v) is 17.0. The van der Waals surface area contributed by atoms with Crippen LogP contribution < -0.4 is 15.5 Å². The average molecular weight is 422 g/mol. The Morgan fingerprint density at radius 1 is 0.966 bits per heavy atom. The fourth-order valence-electron chi connectivity index (χ4n) is 3.07. The number of carbonyl (C=O) groups excluding carboxylic acids is 1. The molecule has 0 aliphatic carbocycles. The highest BCUT2D eigenvalue weighted by atomic mass is 35.5. The van der Waals surface area contributed by atoms with E-state index >= 15 is 0 Å². The number of halogens is 1. The first kappa shape index (κ1) is 19.2. The van der Waals surface area contributed by atoms with Gasteiger partial charge in [0.1, 0.15) is 10.8 Å². The zero-order chi connectivity index (χ0) is 20.4. The van der Waals surface area contributed by atoms with Gasteiger partial charge in [-0.25, -0.2) is 0 Å². The lowest BCUT2D eigenvalue weighted by molar-refractivity contribution is 0.102. The number of amides is 1. The lowest BCUT2D eigenvalue weighted by Crippen LogP contribution is -2.16. The van der Waals surface area contributed by atoms with Crippen LogP contribution in [0.3, 0.4) is 0 Å². The van der Waals surface area contributed by atoms with Gasteiger partial charge in [0, 0.05) is 10.1 Å². The van der Waals surface area contributed by atoms with Crippen molar-refractivity contribution >= 4 is 43.9 Å². The molecule has 4 nitrogen and oxygen atoms in total. The van der Waals surface area contributed by atoms with Crippen LogP contribution in [0.25, 0.3) is 21.2 Å². The molecule has 0 saturated heterocycles. The minimum atomic E-state index is -0.365. The molecule has 0 saturated carbocycles. The normalized spacial score (nSPS) is 10.7. The van der Waals surface area contributed by atoms with Crippen molar-refractivity contribution in [2.45, 2.75) is 0 Å². The van der Waals surface area contributed by atoms with Crippen molar-refractivity contribution in [3.05, 3.63) is 93.6 Å². The van der Waals surface area contributed by atoms with Crippen molar-refractivity contribution in [3.63, 3.8) is 0 Å². The molecule has 144 valence electrons. The van der Waals surface area contributed by atoms with Crippen molar-refractivity contribution in [3.8, 4) is 16.9 Å². The van der Waals surface area contributed by atoms with Crippen LogP contribution in [-0.2, 0) is 0 Å². The Morgan fingerprint density at radius 2 is 1.66 bits per heavy atom. The van der Waals surface area contributed by atoms with Gasteiger partial charge in [-0.3, -0.25) is 9.59 Å². The second-order valence-corrected chi connectivity index (χ2v) is 7.75. The largest absolute Gasteiger partial charge is 0.497 e. The molecule has 3 aromatic carbocycles. The average Bonchev–Trinajstić information content (AvgIpc) is 2.74. The summed E-state index contributed by atoms with van der Waals surface area (Å²) in [4.78, 5) is 26.1. The summed E-state index contributed by atoms with van der Waals surface area (Å²) in [7, 11) is 1.58. The number of anilines is 1. The minimum Gasteiger partial charge on any atom is -0.497 e. The van der Waals surface area contributed by atoms with Gasteiger partial charge in [0.05, 0.1) is 23.3 Å². The van der Waals surface area contributed by atoms with Crippen molar-refractivity contribution in [1.29, 1.82) is 0 Å². The second kappa shape index (κ2) is 8.07. The van der Waals surface area contributed by atoms with E-state index in [2.05, 4.69) is 5.32 Å². The van der Waals surface area contributed by atoms with Crippen LogP contribution in [0.2, 0.25) is 5.02 Å². The molecule has 1 amide bonds. The Bertz CT molecular complexity index is 1270. The Morgan fingerprint density at radius 3 is 2.38 bits per heavy atom. The van der Waals surface area contributed by atoms with Crippen molar-refractivity contribution in [2.75, 3.05) is 12.4 Å². The van der Waals surface area contributed by atoms with E-state index in [1.165, 1.54) is 11.3 Å². The SMILES string of the molecule is COc1ccc(-c2c(NC(=O)c3ccccc3Cl)sc3ccccc3c2=O)cc1. The number of methoxy groups -OCH3 is 1. The molecule has 0 aliphatic rings. The van der Waals surface area contributed by atoms with E-state index < -0.39 is 0 Å². The lowest BCUT2D eigenvalue weighted by Gasteiger charge is -2.13. The van der Waals surface area contributed by atoms with Gasteiger partial charge in [-0.15, -0.1) is 11.3 Å². The first-order chi connectivity index (χ1) is 14.1. The van der Waals surface area contributed by atoms with Gasteiger partial charge < -0.3 is 10.1 Å². The predicted molar refractivity (Wildman–Crippen MR) is 119 cm³/mol. The van der Waals surface area contributed by atoms with Crippen LogP contribution in [0.1, 0.15) is 10.4 Å². The van der Waals surface area contributed by atoms with Gasteiger partial charge in [-0.2, -0.15) is 0 Å². The van der Waals surface area contributed by atoms with Crippen LogP contribution in [0.15, 0.2) is 77.6 Å². The minimum absolute atomic E-state index is 0.140. The third-order valence-corrected chi connectivity index (χ3v) is 5.94. The molecule has 0 atom stereocenters. The maximum Gasteiger partial charge on any atom is 0.257 e. The Labute approximate surface area is 176 Å². The monoisotopic (exact) mass is 421 g/mol. The van der Waals surface area contributed by atoms with Gasteiger partial charge in [0.25, 0.3) is 5.91 Å². The maximum atomic E-state index is 13.3. The number of benzene rings is 3. The maximum absolute atomic E-state index is 13.3. The number of hydrogen-bond donors (Lipinski definition) is 1. The first-order valence-electron chi connectivity index (χ1n) is 8.84. The number of fused-ring (bicyclic) bond motifs is 1. The summed E-state index contributed by atoms with van der Waals surface area (Å²) in [5.74, 6) is 0.323. The number of rotatable bonds is 4. The van der Waals surface area contributed by atoms with E-state index in [1.54, 1.807) is 49.6 Å². The number of hydrogen-bond acceptors (Lipinski definition) is 4. The Hall–Kier alpha value is -3.15. The molecule has 1 N–H and O–H groups in total. The van der Waals surface area contributed by atoms with Crippen LogP contribution in [-0.4, -0.2) is 13.0 Å². The van der Waals surface area contributed by atoms with Gasteiger partial charge in [0.15, 0.2) is 5.43 Å². The molecular weight excluding hydrogens is 406 g/mol. The summed E-state index contributed by atoms with van der Waals surface area (Å²) in [5.41, 5.74) is 1.35. The molecule has 1 heterocycles. The highest BCUT2D eigenvalue weighted by Crippen LogP contribution is 2.34. The highest BCUT2D eigenvalue weighted by molar-refractivity contribution is 7.22. The van der Waals surface area contributed by atoms with Crippen LogP contribution in [0.4, 0.5) is 5.00 Å². The third kappa shape index (κ3) is 3.75. The van der Waals surface area contributed by atoms with E-state index in [0.717, 1.165) is 4.70 Å². The quantitative estimate of drug-likeness (QED) is 0.450. The first-order valence-corrected chi connectivity index (χ1v) is 10.0. The predicted octanol–water partition coefficient (Wildman–Crippen LogP) is 5.84. The second-order valence-electron chi connectivity index (χ2n) is 6.29. The molecular formula is C23H16ClNO3S. The molecule has 0 fully saturated rings. The van der Waals surface area contributed by atoms with Gasteiger partial charge in [-0.1, -0.05) is 48.0 Å². The molecule has 6 heteroatoms. The molecule has 4 rings (SSSR count). The van der Waals surface area contributed by atoms with Crippen molar-refractivity contribution in [1.82, 2.24) is 0 Å². The summed E-state index contributed by atoms with van der Waals surface area (Å²) in [6.07, 6.45) is 0. The molecule has 1 aromatic heterocycles. The van der Waals surface area contributed by atoms with Gasteiger partial charge >= 0.3 is 0 Å². The molecule has 0 aliphatic heterocycles. The third-order valence-electron chi connectivity index (χ3n) is 4.52. The molecule has 0 radical (unpaired) electrons. The van der Waals surface area contributed by atoms with E-state index in [4.69, 9.17) is 16.3 Å². The lowest BCUT2D eigenvalue weighted by atomic mass is 10.1. The summed E-state index contributed by atoms with van der Waals surface area (Å²) in [6.45, 7) is 0. The number of nitrogens with one attached hydrogen (secondary N) is 1. The summed E-state index contributed by atoms with van der Waals surface area (Å²) in [5, 5.41) is 4.33. The zero-order valence-electron chi connectivity index (χ0n) is 15.4. The van der Waals surface area contributed by atoms with E-state index in [9.17, 15) is 9.59 Å². The van der Waals surface area contributed by atoms with Crippen molar-refractivity contribution in [2.24, 2.45) is 0 Å². The van der Waals surface area contributed by atoms with Crippen LogP contribution in [0, 0.1) is 0 Å². The standard InChI is InChI=1S/C23H16ClNO3S/c1-28-15-12-10-14(11-13-15)20-21(26)17-7-3-5-9-19(17)29-23(20)25-22(27)16-6-2-4-8-18(16)24/h2-13H,1H3,(H,25,27). The van der Waals surface area contributed by atoms with E-state index in [1.807, 2.05) is 30.3 Å². The molecule has 0 unspecified atom stereocenters. The van der Waals surface area contributed by atoms with E-state index in [-0.39, 0.29) is 11.3 Å². The number of ether oxygens (including phenoxy) is 1. The molecule has 29 heavy (non-hydrogen) atoms. The highest BCUT2D eigenvalue weighted by Gasteiger charge is 2.18. The summed E-state index contributed by atoms with van der Waals surface area (Å²) in [6, 6.07) is 21.3. The van der Waals surface area contributed by atoms with Gasteiger partial charge in [0.2, 0.25) is 0 Å². The Balaban J connectivity index is 1.88. The molecule has 4 aromatic rings. The smallest absolute Gasteiger partial charge is 0.257 e. The molecule has 0 bridgehead atoms. The Kier molecular flexibility index (Phi) is 5.34. The van der Waals surface area contributed by atoms with Crippen LogP contribution >= 0.6 is 22.9 Å². The topological polar surface area (TPSA) is 55.4 Å². The van der Waals surface area contributed by atoms with Crippen molar-refractivity contribution < 1.29 is 9.53 Å². The fraction of sp³-hybridized carbons (Fsp3) is 0.0435. The fourth-order valence-corrected chi connectivity index (χ4v) is 4.38. The van der Waals surface area contributed by atoms with Gasteiger partial charge in [-0.05, 0) is 42.0 Å². The summed E-state index contributed by atoms with van der Waals surface area (Å²) < 4.78 is 6.01. The van der Waals surface area contributed by atoms with E-state index in [0.29, 0.717) is 37.8 Å². The summed E-state index contributed by atoms with van der Waals surface area (Å²) >= 11 is 7.52. The number of carbonyl (C=O) groups is 1. The molecule has 0 spiro atoms. The van der Waals surface area contributed by atoms with Crippen LogP contribution in [0.5, 0.6) is 5.75 Å².